The summed E-state index contributed by atoms with van der Waals surface area (Å²) in [5.41, 5.74) is 0. The fourth-order valence-corrected chi connectivity index (χ4v) is 10.2. The number of unbranched alkanes of at least 4 members (excludes halogenated alkanes) is 48. The van der Waals surface area contributed by atoms with Gasteiger partial charge in [-0.2, -0.15) is 0 Å². The molecule has 420 valence electrons. The highest BCUT2D eigenvalue weighted by Gasteiger charge is 2.22. The van der Waals surface area contributed by atoms with Crippen molar-refractivity contribution in [2.24, 2.45) is 0 Å². The quantitative estimate of drug-likeness (QED) is 0.0361. The van der Waals surface area contributed by atoms with Crippen LogP contribution in [0.25, 0.3) is 0 Å². The van der Waals surface area contributed by atoms with Gasteiger partial charge in [-0.15, -0.1) is 0 Å². The summed E-state index contributed by atoms with van der Waals surface area (Å²) < 4.78 is 0. The standard InChI is InChI=1S/C66H127NO4/c1-3-5-7-9-11-13-15-17-19-21-23-25-27-29-30-31-32-33-34-35-37-39-41-43-45-47-49-51-53-55-57-59-61-65(70)66(71)67-63(62-68)64(69)60-58-56-54-52-50-48-46-44-42-40-38-36-28-26-24-22-20-18-16-14-12-10-8-6-4-2/h42,44,50,52,58,60,63-65,68-70H,3-41,43,45-49,51,53-57,59,61-62H2,1-2H3,(H,67,71)/b44-42+,52-50+,60-58+. The van der Waals surface area contributed by atoms with Crippen LogP contribution in [-0.4, -0.2) is 46.1 Å². The van der Waals surface area contributed by atoms with Crippen molar-refractivity contribution in [2.45, 2.75) is 372 Å². The number of hydrogen-bond acceptors (Lipinski definition) is 4. The smallest absolute Gasteiger partial charge is 0.249 e. The van der Waals surface area contributed by atoms with E-state index in [1.54, 1.807) is 6.08 Å². The molecule has 0 aliphatic carbocycles. The van der Waals surface area contributed by atoms with E-state index in [1.807, 2.05) is 6.08 Å². The Morgan fingerprint density at radius 1 is 0.338 bits per heavy atom. The van der Waals surface area contributed by atoms with Crippen molar-refractivity contribution in [3.63, 3.8) is 0 Å². The van der Waals surface area contributed by atoms with Crippen LogP contribution in [0.5, 0.6) is 0 Å². The van der Waals surface area contributed by atoms with Crippen LogP contribution in [0.3, 0.4) is 0 Å². The summed E-state index contributed by atoms with van der Waals surface area (Å²) in [6.45, 7) is 4.21. The third-order valence-corrected chi connectivity index (χ3v) is 15.2. The molecule has 0 aromatic carbocycles. The van der Waals surface area contributed by atoms with Crippen LogP contribution < -0.4 is 5.32 Å². The Hall–Kier alpha value is -1.43. The molecule has 0 bridgehead atoms. The minimum Gasteiger partial charge on any atom is -0.394 e. The molecule has 0 aliphatic heterocycles. The monoisotopic (exact) mass is 998 g/mol. The Morgan fingerprint density at radius 3 is 0.859 bits per heavy atom. The third kappa shape index (κ3) is 56.1. The lowest BCUT2D eigenvalue weighted by molar-refractivity contribution is -0.131. The van der Waals surface area contributed by atoms with Gasteiger partial charge in [0.1, 0.15) is 6.10 Å². The van der Waals surface area contributed by atoms with Crippen molar-refractivity contribution in [1.29, 1.82) is 0 Å². The summed E-state index contributed by atoms with van der Waals surface area (Å²) in [5.74, 6) is -0.510. The second kappa shape index (κ2) is 61.1. The van der Waals surface area contributed by atoms with E-state index in [1.165, 1.54) is 289 Å². The normalized spacial score (nSPS) is 13.4. The molecular formula is C66H127NO4. The summed E-state index contributed by atoms with van der Waals surface area (Å²) in [7, 11) is 0. The van der Waals surface area contributed by atoms with Crippen molar-refractivity contribution < 1.29 is 20.1 Å². The summed E-state index contributed by atoms with van der Waals surface area (Å²) in [4.78, 5) is 12.6. The summed E-state index contributed by atoms with van der Waals surface area (Å²) in [5, 5.41) is 33.4. The summed E-state index contributed by atoms with van der Waals surface area (Å²) >= 11 is 0. The second-order valence-corrected chi connectivity index (χ2v) is 22.3. The highest BCUT2D eigenvalue weighted by molar-refractivity contribution is 5.80. The van der Waals surface area contributed by atoms with E-state index in [2.05, 4.69) is 43.5 Å². The fraction of sp³-hybridized carbons (Fsp3) is 0.894. The SMILES string of the molecule is CCCCCCCCCCCCCCCCC/C=C/CC/C=C/CC/C=C/C(O)C(CO)NC(=O)C(O)CCCCCCCCCCCCCCCCCCCCCCCCCCCCCCCCCC. The number of hydrogen-bond donors (Lipinski definition) is 4. The number of rotatable bonds is 60. The first-order chi connectivity index (χ1) is 35.1. The molecule has 1 amide bonds. The van der Waals surface area contributed by atoms with Crippen molar-refractivity contribution in [1.82, 2.24) is 5.32 Å². The zero-order valence-electron chi connectivity index (χ0n) is 48.1. The van der Waals surface area contributed by atoms with Gasteiger partial charge in [0, 0.05) is 0 Å². The van der Waals surface area contributed by atoms with Crippen LogP contribution in [0.4, 0.5) is 0 Å². The van der Waals surface area contributed by atoms with Crippen LogP contribution in [0, 0.1) is 0 Å². The molecular weight excluding hydrogens is 871 g/mol. The van der Waals surface area contributed by atoms with Crippen LogP contribution in [-0.2, 0) is 4.79 Å². The van der Waals surface area contributed by atoms with Gasteiger partial charge >= 0.3 is 0 Å². The number of carbonyl (C=O) groups is 1. The second-order valence-electron chi connectivity index (χ2n) is 22.3. The summed E-state index contributed by atoms with van der Waals surface area (Å²) in [6.07, 6.45) is 81.3. The molecule has 0 radical (unpaired) electrons. The minimum atomic E-state index is -1.11. The van der Waals surface area contributed by atoms with Crippen LogP contribution in [0.15, 0.2) is 36.5 Å². The lowest BCUT2D eigenvalue weighted by Gasteiger charge is -2.21. The van der Waals surface area contributed by atoms with E-state index in [4.69, 9.17) is 0 Å². The van der Waals surface area contributed by atoms with E-state index < -0.39 is 24.2 Å². The minimum absolute atomic E-state index is 0.378. The van der Waals surface area contributed by atoms with Crippen LogP contribution >= 0.6 is 0 Å². The van der Waals surface area contributed by atoms with Gasteiger partial charge < -0.3 is 20.6 Å². The molecule has 71 heavy (non-hydrogen) atoms. The molecule has 0 aliphatic rings. The number of carbonyl (C=O) groups excluding carboxylic acids is 1. The highest BCUT2D eigenvalue weighted by Crippen LogP contribution is 2.19. The predicted octanol–water partition coefficient (Wildman–Crippen LogP) is 20.6. The lowest BCUT2D eigenvalue weighted by atomic mass is 10.0. The maximum atomic E-state index is 12.6. The van der Waals surface area contributed by atoms with E-state index in [-0.39, 0.29) is 6.61 Å². The Bertz CT molecular complexity index is 1100. The molecule has 5 nitrogen and oxygen atoms in total. The molecule has 4 N–H and O–H groups in total. The molecule has 0 aromatic rings. The Kier molecular flexibility index (Phi) is 59.9. The first-order valence-corrected chi connectivity index (χ1v) is 32.3. The maximum Gasteiger partial charge on any atom is 0.249 e. The van der Waals surface area contributed by atoms with Crippen molar-refractivity contribution in [3.8, 4) is 0 Å². The fourth-order valence-electron chi connectivity index (χ4n) is 10.2. The predicted molar refractivity (Wildman–Crippen MR) is 314 cm³/mol. The number of allylic oxidation sites excluding steroid dienone is 5. The van der Waals surface area contributed by atoms with Gasteiger partial charge in [0.25, 0.3) is 0 Å². The lowest BCUT2D eigenvalue weighted by Crippen LogP contribution is -2.48. The molecule has 0 heterocycles. The molecule has 0 fully saturated rings. The molecule has 0 rings (SSSR count). The Balaban J connectivity index is 3.54. The average Bonchev–Trinajstić information content (AvgIpc) is 3.38. The molecule has 0 saturated heterocycles. The van der Waals surface area contributed by atoms with Gasteiger partial charge in [0.15, 0.2) is 0 Å². The number of amides is 1. The first kappa shape index (κ1) is 69.6. The van der Waals surface area contributed by atoms with Gasteiger partial charge in [0.05, 0.1) is 18.8 Å². The zero-order valence-corrected chi connectivity index (χ0v) is 48.1. The van der Waals surface area contributed by atoms with Gasteiger partial charge in [-0.05, 0) is 44.9 Å². The van der Waals surface area contributed by atoms with Crippen molar-refractivity contribution in [3.05, 3.63) is 36.5 Å². The molecule has 0 saturated carbocycles. The molecule has 0 aromatic heterocycles. The largest absolute Gasteiger partial charge is 0.394 e. The average molecular weight is 999 g/mol. The maximum absolute atomic E-state index is 12.6. The Morgan fingerprint density at radius 2 is 0.577 bits per heavy atom. The number of nitrogens with one attached hydrogen (secondary N) is 1. The van der Waals surface area contributed by atoms with Crippen molar-refractivity contribution in [2.75, 3.05) is 6.61 Å². The van der Waals surface area contributed by atoms with E-state index in [0.717, 1.165) is 44.9 Å². The summed E-state index contributed by atoms with van der Waals surface area (Å²) in [6, 6.07) is -0.821. The first-order valence-electron chi connectivity index (χ1n) is 32.3. The highest BCUT2D eigenvalue weighted by atomic mass is 16.3. The van der Waals surface area contributed by atoms with Gasteiger partial charge in [-0.25, -0.2) is 0 Å². The van der Waals surface area contributed by atoms with Gasteiger partial charge in [-0.1, -0.05) is 346 Å². The van der Waals surface area contributed by atoms with E-state index in [0.29, 0.717) is 6.42 Å². The topological polar surface area (TPSA) is 89.8 Å². The Labute approximate surface area is 444 Å². The van der Waals surface area contributed by atoms with Gasteiger partial charge in [-0.3, -0.25) is 4.79 Å². The van der Waals surface area contributed by atoms with E-state index >= 15 is 0 Å². The van der Waals surface area contributed by atoms with Crippen LogP contribution in [0.2, 0.25) is 0 Å². The number of aliphatic hydroxyl groups excluding tert-OH is 3. The molecule has 5 heteroatoms. The molecule has 3 unspecified atom stereocenters. The molecule has 3 atom stereocenters. The zero-order chi connectivity index (χ0) is 51.4. The van der Waals surface area contributed by atoms with Crippen molar-refractivity contribution >= 4 is 5.91 Å². The number of aliphatic hydroxyl groups is 3. The third-order valence-electron chi connectivity index (χ3n) is 15.2. The van der Waals surface area contributed by atoms with Crippen LogP contribution in [0.1, 0.15) is 354 Å². The van der Waals surface area contributed by atoms with Gasteiger partial charge in [0.2, 0.25) is 5.91 Å². The van der Waals surface area contributed by atoms with E-state index in [9.17, 15) is 20.1 Å². The molecule has 0 spiro atoms.